The lowest BCUT2D eigenvalue weighted by Crippen LogP contribution is -2.49. The largest absolute Gasteiger partial charge is 0.337 e. The SMILES string of the molecule is CC1CN(c2n[nH]c(CN(C)C)n2)CCN1. The maximum atomic E-state index is 4.50. The van der Waals surface area contributed by atoms with Gasteiger partial charge in [-0.05, 0) is 21.0 Å². The van der Waals surface area contributed by atoms with Crippen LogP contribution in [0, 0.1) is 0 Å². The van der Waals surface area contributed by atoms with Crippen LogP contribution in [0.15, 0.2) is 0 Å². The van der Waals surface area contributed by atoms with Gasteiger partial charge in [0.1, 0.15) is 5.82 Å². The Balaban J connectivity index is 2.00. The molecule has 0 aromatic carbocycles. The predicted octanol–water partition coefficient (Wildman–Crippen LogP) is -0.336. The molecule has 1 fully saturated rings. The summed E-state index contributed by atoms with van der Waals surface area (Å²) in [6, 6.07) is 0.504. The number of rotatable bonds is 3. The number of piperazine rings is 1. The van der Waals surface area contributed by atoms with Crippen LogP contribution in [-0.4, -0.2) is 59.9 Å². The van der Waals surface area contributed by atoms with E-state index in [-0.39, 0.29) is 0 Å². The van der Waals surface area contributed by atoms with E-state index in [0.717, 1.165) is 38.0 Å². The van der Waals surface area contributed by atoms with Gasteiger partial charge in [-0.2, -0.15) is 4.98 Å². The highest BCUT2D eigenvalue weighted by atomic mass is 15.4. The summed E-state index contributed by atoms with van der Waals surface area (Å²) in [6.07, 6.45) is 0. The predicted molar refractivity (Wildman–Crippen MR) is 63.5 cm³/mol. The topological polar surface area (TPSA) is 60.1 Å². The highest BCUT2D eigenvalue weighted by Crippen LogP contribution is 2.10. The van der Waals surface area contributed by atoms with Crippen LogP contribution < -0.4 is 10.2 Å². The first-order valence-corrected chi connectivity index (χ1v) is 5.69. The molecule has 6 heteroatoms. The minimum Gasteiger partial charge on any atom is -0.337 e. The molecule has 1 aromatic heterocycles. The molecule has 1 aromatic rings. The summed E-state index contributed by atoms with van der Waals surface area (Å²) in [6.45, 7) is 5.93. The average Bonchev–Trinajstić information content (AvgIpc) is 2.65. The molecule has 2 heterocycles. The Morgan fingerprint density at radius 2 is 2.31 bits per heavy atom. The number of hydrogen-bond donors (Lipinski definition) is 2. The molecule has 1 atom stereocenters. The third-order valence-electron chi connectivity index (χ3n) is 2.64. The number of H-pyrrole nitrogens is 1. The van der Waals surface area contributed by atoms with Crippen LogP contribution in [0.2, 0.25) is 0 Å². The monoisotopic (exact) mass is 224 g/mol. The van der Waals surface area contributed by atoms with Crippen molar-refractivity contribution in [2.24, 2.45) is 0 Å². The highest BCUT2D eigenvalue weighted by molar-refractivity contribution is 5.30. The molecule has 90 valence electrons. The Bertz CT molecular complexity index is 334. The lowest BCUT2D eigenvalue weighted by molar-refractivity contribution is 0.391. The van der Waals surface area contributed by atoms with Crippen molar-refractivity contribution in [1.82, 2.24) is 25.4 Å². The molecule has 1 unspecified atom stereocenters. The van der Waals surface area contributed by atoms with Gasteiger partial charge in [0.15, 0.2) is 0 Å². The summed E-state index contributed by atoms with van der Waals surface area (Å²) in [5.41, 5.74) is 0. The molecule has 2 rings (SSSR count). The standard InChI is InChI=1S/C10H20N6/c1-8-6-16(5-4-11-8)10-12-9(13-14-10)7-15(2)3/h8,11H,4-7H2,1-3H3,(H,12,13,14). The molecule has 16 heavy (non-hydrogen) atoms. The third-order valence-corrected chi connectivity index (χ3v) is 2.64. The molecule has 6 nitrogen and oxygen atoms in total. The second-order valence-corrected chi connectivity index (χ2v) is 4.62. The van der Waals surface area contributed by atoms with E-state index in [0.29, 0.717) is 6.04 Å². The van der Waals surface area contributed by atoms with Crippen molar-refractivity contribution in [3.63, 3.8) is 0 Å². The van der Waals surface area contributed by atoms with E-state index < -0.39 is 0 Å². The lowest BCUT2D eigenvalue weighted by Gasteiger charge is -2.30. The first-order chi connectivity index (χ1) is 7.65. The normalized spacial score (nSPS) is 21.8. The molecule has 1 saturated heterocycles. The fourth-order valence-corrected chi connectivity index (χ4v) is 1.91. The maximum Gasteiger partial charge on any atom is 0.244 e. The second-order valence-electron chi connectivity index (χ2n) is 4.62. The molecule has 0 radical (unpaired) electrons. The minimum atomic E-state index is 0.504. The maximum absolute atomic E-state index is 4.50. The Morgan fingerprint density at radius 3 is 3.00 bits per heavy atom. The molecule has 0 spiro atoms. The Kier molecular flexibility index (Phi) is 3.40. The molecular formula is C10H20N6. The molecule has 0 saturated carbocycles. The van der Waals surface area contributed by atoms with Gasteiger partial charge in [-0.25, -0.2) is 0 Å². The van der Waals surface area contributed by atoms with E-state index >= 15 is 0 Å². The number of anilines is 1. The van der Waals surface area contributed by atoms with E-state index in [2.05, 4.69) is 37.2 Å². The molecule has 1 aliphatic rings. The summed E-state index contributed by atoms with van der Waals surface area (Å²) in [5, 5.41) is 10.7. The summed E-state index contributed by atoms with van der Waals surface area (Å²) in [7, 11) is 4.05. The number of hydrogen-bond acceptors (Lipinski definition) is 5. The minimum absolute atomic E-state index is 0.504. The van der Waals surface area contributed by atoms with E-state index in [1.807, 2.05) is 14.1 Å². The van der Waals surface area contributed by atoms with Crippen LogP contribution >= 0.6 is 0 Å². The Morgan fingerprint density at radius 1 is 1.50 bits per heavy atom. The summed E-state index contributed by atoms with van der Waals surface area (Å²) < 4.78 is 0. The summed E-state index contributed by atoms with van der Waals surface area (Å²) >= 11 is 0. The smallest absolute Gasteiger partial charge is 0.244 e. The van der Waals surface area contributed by atoms with Gasteiger partial charge in [0.2, 0.25) is 5.95 Å². The highest BCUT2D eigenvalue weighted by Gasteiger charge is 2.19. The van der Waals surface area contributed by atoms with E-state index in [1.54, 1.807) is 0 Å². The van der Waals surface area contributed by atoms with Gasteiger partial charge in [0.05, 0.1) is 6.54 Å². The van der Waals surface area contributed by atoms with Crippen LogP contribution in [0.25, 0.3) is 0 Å². The first kappa shape index (κ1) is 11.3. The first-order valence-electron chi connectivity index (χ1n) is 5.69. The van der Waals surface area contributed by atoms with Gasteiger partial charge in [0.25, 0.3) is 0 Å². The number of aromatic nitrogens is 3. The van der Waals surface area contributed by atoms with Crippen molar-refractivity contribution < 1.29 is 0 Å². The zero-order valence-electron chi connectivity index (χ0n) is 10.2. The fraction of sp³-hybridized carbons (Fsp3) is 0.800. The van der Waals surface area contributed by atoms with Crippen LogP contribution in [-0.2, 0) is 6.54 Å². The Labute approximate surface area is 96.0 Å². The van der Waals surface area contributed by atoms with Crippen molar-refractivity contribution in [3.8, 4) is 0 Å². The molecule has 2 N–H and O–H groups in total. The van der Waals surface area contributed by atoms with Crippen molar-refractivity contribution in [3.05, 3.63) is 5.82 Å². The Hall–Kier alpha value is -1.14. The number of nitrogens with zero attached hydrogens (tertiary/aromatic N) is 4. The molecular weight excluding hydrogens is 204 g/mol. The van der Waals surface area contributed by atoms with E-state index in [9.17, 15) is 0 Å². The van der Waals surface area contributed by atoms with Crippen molar-refractivity contribution >= 4 is 5.95 Å². The number of aromatic amines is 1. The zero-order chi connectivity index (χ0) is 11.5. The lowest BCUT2D eigenvalue weighted by atomic mass is 10.2. The molecule has 1 aliphatic heterocycles. The van der Waals surface area contributed by atoms with Gasteiger partial charge in [0, 0.05) is 25.7 Å². The van der Waals surface area contributed by atoms with Gasteiger partial charge in [-0.15, -0.1) is 5.10 Å². The zero-order valence-corrected chi connectivity index (χ0v) is 10.2. The third kappa shape index (κ3) is 2.70. The van der Waals surface area contributed by atoms with Crippen LogP contribution in [0.4, 0.5) is 5.95 Å². The second kappa shape index (κ2) is 4.80. The quantitative estimate of drug-likeness (QED) is 0.736. The van der Waals surface area contributed by atoms with Crippen molar-refractivity contribution in [2.75, 3.05) is 38.6 Å². The van der Waals surface area contributed by atoms with Crippen LogP contribution in [0.3, 0.4) is 0 Å². The van der Waals surface area contributed by atoms with Crippen LogP contribution in [0.5, 0.6) is 0 Å². The van der Waals surface area contributed by atoms with Gasteiger partial charge in [-0.3, -0.25) is 5.10 Å². The van der Waals surface area contributed by atoms with Gasteiger partial charge >= 0.3 is 0 Å². The van der Waals surface area contributed by atoms with Gasteiger partial charge in [-0.1, -0.05) is 0 Å². The summed E-state index contributed by atoms with van der Waals surface area (Å²) in [4.78, 5) is 8.79. The van der Waals surface area contributed by atoms with Crippen molar-refractivity contribution in [1.29, 1.82) is 0 Å². The van der Waals surface area contributed by atoms with Crippen LogP contribution in [0.1, 0.15) is 12.7 Å². The van der Waals surface area contributed by atoms with E-state index in [4.69, 9.17) is 0 Å². The fourth-order valence-electron chi connectivity index (χ4n) is 1.91. The molecule has 0 aliphatic carbocycles. The summed E-state index contributed by atoms with van der Waals surface area (Å²) in [5.74, 6) is 1.75. The number of nitrogens with one attached hydrogen (secondary N) is 2. The van der Waals surface area contributed by atoms with Gasteiger partial charge < -0.3 is 15.1 Å². The van der Waals surface area contributed by atoms with E-state index in [1.165, 1.54) is 0 Å². The van der Waals surface area contributed by atoms with Crippen molar-refractivity contribution in [2.45, 2.75) is 19.5 Å². The molecule has 0 amide bonds. The average molecular weight is 224 g/mol. The molecule has 0 bridgehead atoms.